The van der Waals surface area contributed by atoms with Gasteiger partial charge in [0.1, 0.15) is 0 Å². The van der Waals surface area contributed by atoms with Gasteiger partial charge in [-0.05, 0) is 25.7 Å². The molecule has 0 radical (unpaired) electrons. The van der Waals surface area contributed by atoms with Crippen LogP contribution in [-0.4, -0.2) is 30.0 Å². The summed E-state index contributed by atoms with van der Waals surface area (Å²) in [5.74, 6) is 0.585. The Kier molecular flexibility index (Phi) is 4.01. The minimum absolute atomic E-state index is 0.289. The summed E-state index contributed by atoms with van der Waals surface area (Å²) < 4.78 is 0. The van der Waals surface area contributed by atoms with Crippen molar-refractivity contribution in [2.24, 2.45) is 5.92 Å². The Balaban J connectivity index is 1.46. The Morgan fingerprint density at radius 2 is 2.00 bits per heavy atom. The lowest BCUT2D eigenvalue weighted by Crippen LogP contribution is -2.46. The Hall–Kier alpha value is -1.10. The minimum atomic E-state index is 0.289. The second-order valence-corrected chi connectivity index (χ2v) is 6.44. The van der Waals surface area contributed by atoms with Crippen LogP contribution >= 0.6 is 11.3 Å². The third kappa shape index (κ3) is 3.08. The summed E-state index contributed by atoms with van der Waals surface area (Å²) in [5, 5.41) is 6.37. The largest absolute Gasteiger partial charge is 0.353 e. The van der Waals surface area contributed by atoms with Crippen molar-refractivity contribution in [2.45, 2.75) is 44.6 Å². The van der Waals surface area contributed by atoms with Gasteiger partial charge in [-0.3, -0.25) is 4.79 Å². The van der Waals surface area contributed by atoms with Crippen LogP contribution in [0.15, 0.2) is 11.6 Å². The SMILES string of the molecule is O=C(NC1CCN(c2nccs2)CC1)C1CCCC1. The van der Waals surface area contributed by atoms with Gasteiger partial charge in [-0.25, -0.2) is 4.98 Å². The van der Waals surface area contributed by atoms with Crippen molar-refractivity contribution in [1.82, 2.24) is 10.3 Å². The Labute approximate surface area is 118 Å². The molecule has 104 valence electrons. The average molecular weight is 279 g/mol. The molecule has 1 aliphatic heterocycles. The molecule has 19 heavy (non-hydrogen) atoms. The Morgan fingerprint density at radius 3 is 2.63 bits per heavy atom. The smallest absolute Gasteiger partial charge is 0.223 e. The number of piperidine rings is 1. The standard InChI is InChI=1S/C14H21N3OS/c18-13(11-3-1-2-4-11)16-12-5-8-17(9-6-12)14-15-7-10-19-14/h7,10-12H,1-6,8-9H2,(H,16,18). The number of rotatable bonds is 3. The van der Waals surface area contributed by atoms with E-state index in [1.807, 2.05) is 11.6 Å². The maximum Gasteiger partial charge on any atom is 0.223 e. The fourth-order valence-corrected chi connectivity index (χ4v) is 3.79. The summed E-state index contributed by atoms with van der Waals surface area (Å²) in [5.41, 5.74) is 0. The van der Waals surface area contributed by atoms with Gasteiger partial charge in [0.15, 0.2) is 5.13 Å². The first-order chi connectivity index (χ1) is 9.33. The van der Waals surface area contributed by atoms with Crippen LogP contribution in [0.3, 0.4) is 0 Å². The van der Waals surface area contributed by atoms with Crippen LogP contribution in [0.5, 0.6) is 0 Å². The number of anilines is 1. The van der Waals surface area contributed by atoms with Crippen LogP contribution in [0.2, 0.25) is 0 Å². The van der Waals surface area contributed by atoms with Crippen molar-refractivity contribution in [1.29, 1.82) is 0 Å². The van der Waals surface area contributed by atoms with E-state index in [-0.39, 0.29) is 5.92 Å². The highest BCUT2D eigenvalue weighted by Gasteiger charge is 2.27. The molecule has 1 saturated carbocycles. The fraction of sp³-hybridized carbons (Fsp3) is 0.714. The molecule has 0 unspecified atom stereocenters. The van der Waals surface area contributed by atoms with E-state index in [2.05, 4.69) is 15.2 Å². The van der Waals surface area contributed by atoms with E-state index in [1.54, 1.807) is 11.3 Å². The van der Waals surface area contributed by atoms with Gasteiger partial charge in [-0.1, -0.05) is 12.8 Å². The number of thiazole rings is 1. The van der Waals surface area contributed by atoms with Gasteiger partial charge in [0.05, 0.1) is 0 Å². The van der Waals surface area contributed by atoms with Crippen LogP contribution in [0.4, 0.5) is 5.13 Å². The molecule has 0 spiro atoms. The van der Waals surface area contributed by atoms with Crippen LogP contribution in [0.25, 0.3) is 0 Å². The summed E-state index contributed by atoms with van der Waals surface area (Å²) in [4.78, 5) is 18.8. The molecular formula is C14H21N3OS. The fourth-order valence-electron chi connectivity index (χ4n) is 3.09. The summed E-state index contributed by atoms with van der Waals surface area (Å²) in [7, 11) is 0. The first-order valence-corrected chi connectivity index (χ1v) is 8.16. The zero-order chi connectivity index (χ0) is 13.1. The topological polar surface area (TPSA) is 45.2 Å². The maximum absolute atomic E-state index is 12.1. The summed E-state index contributed by atoms with van der Waals surface area (Å²) in [6.45, 7) is 2.01. The van der Waals surface area contributed by atoms with Crippen LogP contribution in [-0.2, 0) is 4.79 Å². The van der Waals surface area contributed by atoms with Gasteiger partial charge in [-0.15, -0.1) is 11.3 Å². The molecule has 1 aromatic heterocycles. The highest BCUT2D eigenvalue weighted by atomic mass is 32.1. The monoisotopic (exact) mass is 279 g/mol. The van der Waals surface area contributed by atoms with Crippen molar-refractivity contribution < 1.29 is 4.79 Å². The van der Waals surface area contributed by atoms with Gasteiger partial charge < -0.3 is 10.2 Å². The molecule has 1 saturated heterocycles. The van der Waals surface area contributed by atoms with E-state index < -0.39 is 0 Å². The first-order valence-electron chi connectivity index (χ1n) is 7.28. The molecule has 3 rings (SSSR count). The lowest BCUT2D eigenvalue weighted by molar-refractivity contribution is -0.125. The molecule has 1 amide bonds. The number of carbonyl (C=O) groups is 1. The number of carbonyl (C=O) groups excluding carboxylic acids is 1. The molecule has 1 N–H and O–H groups in total. The summed E-state index contributed by atoms with van der Waals surface area (Å²) >= 11 is 1.69. The number of hydrogen-bond acceptors (Lipinski definition) is 4. The predicted octanol–water partition coefficient (Wildman–Crippen LogP) is 2.42. The Bertz CT molecular complexity index is 406. The predicted molar refractivity (Wildman–Crippen MR) is 77.4 cm³/mol. The zero-order valence-electron chi connectivity index (χ0n) is 11.2. The van der Waals surface area contributed by atoms with E-state index >= 15 is 0 Å². The van der Waals surface area contributed by atoms with Gasteiger partial charge >= 0.3 is 0 Å². The molecule has 1 aliphatic carbocycles. The van der Waals surface area contributed by atoms with E-state index in [0.717, 1.165) is 43.9 Å². The summed E-state index contributed by atoms with van der Waals surface area (Å²) in [6, 6.07) is 0.365. The highest BCUT2D eigenvalue weighted by molar-refractivity contribution is 7.13. The number of amides is 1. The second kappa shape index (κ2) is 5.90. The van der Waals surface area contributed by atoms with Crippen LogP contribution < -0.4 is 10.2 Å². The molecule has 0 bridgehead atoms. The first kappa shape index (κ1) is 12.9. The average Bonchev–Trinajstić information content (AvgIpc) is 3.13. The molecule has 4 nitrogen and oxygen atoms in total. The molecule has 2 heterocycles. The molecule has 0 atom stereocenters. The lowest BCUT2D eigenvalue weighted by atomic mass is 10.0. The van der Waals surface area contributed by atoms with Crippen molar-refractivity contribution in [2.75, 3.05) is 18.0 Å². The number of aromatic nitrogens is 1. The van der Waals surface area contributed by atoms with Crippen LogP contribution in [0.1, 0.15) is 38.5 Å². The molecular weight excluding hydrogens is 258 g/mol. The van der Waals surface area contributed by atoms with Crippen LogP contribution in [0, 0.1) is 5.92 Å². The lowest BCUT2D eigenvalue weighted by Gasteiger charge is -2.32. The van der Waals surface area contributed by atoms with E-state index in [1.165, 1.54) is 12.8 Å². The summed E-state index contributed by atoms with van der Waals surface area (Å²) in [6.07, 6.45) is 8.55. The van der Waals surface area contributed by atoms with E-state index in [4.69, 9.17) is 0 Å². The maximum atomic E-state index is 12.1. The molecule has 0 aromatic carbocycles. The van der Waals surface area contributed by atoms with Crippen molar-refractivity contribution in [3.8, 4) is 0 Å². The highest BCUT2D eigenvalue weighted by Crippen LogP contribution is 2.26. The van der Waals surface area contributed by atoms with Gasteiger partial charge in [-0.2, -0.15) is 0 Å². The van der Waals surface area contributed by atoms with Gasteiger partial charge in [0.2, 0.25) is 5.91 Å². The van der Waals surface area contributed by atoms with Crippen molar-refractivity contribution in [3.63, 3.8) is 0 Å². The van der Waals surface area contributed by atoms with Crippen molar-refractivity contribution >= 4 is 22.4 Å². The van der Waals surface area contributed by atoms with Gasteiger partial charge in [0, 0.05) is 36.6 Å². The number of nitrogens with zero attached hydrogens (tertiary/aromatic N) is 2. The van der Waals surface area contributed by atoms with E-state index in [9.17, 15) is 4.79 Å². The molecule has 2 aliphatic rings. The minimum Gasteiger partial charge on any atom is -0.353 e. The second-order valence-electron chi connectivity index (χ2n) is 5.57. The number of hydrogen-bond donors (Lipinski definition) is 1. The molecule has 5 heteroatoms. The zero-order valence-corrected chi connectivity index (χ0v) is 12.0. The molecule has 2 fully saturated rings. The molecule has 1 aromatic rings. The Morgan fingerprint density at radius 1 is 1.26 bits per heavy atom. The number of nitrogens with one attached hydrogen (secondary N) is 1. The third-order valence-corrected chi connectivity index (χ3v) is 5.09. The van der Waals surface area contributed by atoms with Crippen molar-refractivity contribution in [3.05, 3.63) is 11.6 Å². The van der Waals surface area contributed by atoms with Gasteiger partial charge in [0.25, 0.3) is 0 Å². The van der Waals surface area contributed by atoms with E-state index in [0.29, 0.717) is 11.9 Å². The normalized spacial score (nSPS) is 21.8. The quantitative estimate of drug-likeness (QED) is 0.924. The third-order valence-electron chi connectivity index (χ3n) is 4.26.